The number of phenols is 1. The third kappa shape index (κ3) is 2.61. The Morgan fingerprint density at radius 1 is 1.32 bits per heavy atom. The Morgan fingerprint density at radius 2 is 2.05 bits per heavy atom. The number of hydrogen-bond donors (Lipinski definition) is 3. The number of nitrogens with two attached hydrogens (primary N) is 1. The van der Waals surface area contributed by atoms with Gasteiger partial charge in [0, 0.05) is 5.69 Å². The summed E-state index contributed by atoms with van der Waals surface area (Å²) >= 11 is 0. The Kier molecular flexibility index (Phi) is 3.68. The molecule has 1 aromatic carbocycles. The Labute approximate surface area is 128 Å². The number of hydrogen-bond acceptors (Lipinski definition) is 5. The van der Waals surface area contributed by atoms with Crippen LogP contribution in [0.25, 0.3) is 0 Å². The van der Waals surface area contributed by atoms with Crippen LogP contribution in [0.5, 0.6) is 5.75 Å². The van der Waals surface area contributed by atoms with Gasteiger partial charge in [0.1, 0.15) is 11.4 Å². The fourth-order valence-corrected chi connectivity index (χ4v) is 3.50. The first-order chi connectivity index (χ1) is 10.5. The van der Waals surface area contributed by atoms with Crippen molar-refractivity contribution in [2.75, 3.05) is 11.1 Å². The number of anilines is 2. The number of carbonyl (C=O) groups excluding carboxylic acids is 2. The zero-order valence-electron chi connectivity index (χ0n) is 12.3. The second-order valence-corrected chi connectivity index (χ2v) is 6.12. The molecule has 1 saturated carbocycles. The molecule has 0 aromatic heterocycles. The highest BCUT2D eigenvalue weighted by atomic mass is 16.6. The van der Waals surface area contributed by atoms with Gasteiger partial charge in [0.25, 0.3) is 0 Å². The molecule has 1 heterocycles. The Balaban J connectivity index is 1.81. The number of amides is 1. The SMILES string of the molecule is Nc1ccc(O)c(NC(=O)C2CC(=O)OC23CCCCC3)c1. The van der Waals surface area contributed by atoms with Gasteiger partial charge in [-0.25, -0.2) is 0 Å². The lowest BCUT2D eigenvalue weighted by Gasteiger charge is -2.36. The van der Waals surface area contributed by atoms with Gasteiger partial charge in [-0.2, -0.15) is 0 Å². The number of aromatic hydroxyl groups is 1. The molecule has 2 fully saturated rings. The zero-order chi connectivity index (χ0) is 15.7. The van der Waals surface area contributed by atoms with Crippen LogP contribution in [0.2, 0.25) is 0 Å². The first-order valence-corrected chi connectivity index (χ1v) is 7.61. The van der Waals surface area contributed by atoms with Crippen molar-refractivity contribution in [3.05, 3.63) is 18.2 Å². The number of esters is 1. The summed E-state index contributed by atoms with van der Waals surface area (Å²) in [5, 5.41) is 12.5. The van der Waals surface area contributed by atoms with Crippen LogP contribution in [0, 0.1) is 5.92 Å². The van der Waals surface area contributed by atoms with E-state index in [-0.39, 0.29) is 29.7 Å². The van der Waals surface area contributed by atoms with Crippen molar-refractivity contribution in [2.24, 2.45) is 5.92 Å². The molecule has 1 amide bonds. The van der Waals surface area contributed by atoms with E-state index in [0.29, 0.717) is 5.69 Å². The van der Waals surface area contributed by atoms with E-state index < -0.39 is 11.5 Å². The summed E-state index contributed by atoms with van der Waals surface area (Å²) in [5.41, 5.74) is 5.71. The maximum atomic E-state index is 12.6. The fraction of sp³-hybridized carbons (Fsp3) is 0.500. The molecule has 1 unspecified atom stereocenters. The molecule has 0 radical (unpaired) electrons. The van der Waals surface area contributed by atoms with E-state index in [2.05, 4.69) is 5.32 Å². The number of rotatable bonds is 2. The normalized spacial score (nSPS) is 23.3. The maximum Gasteiger partial charge on any atom is 0.307 e. The van der Waals surface area contributed by atoms with Crippen LogP contribution in [-0.4, -0.2) is 22.6 Å². The van der Waals surface area contributed by atoms with Crippen molar-refractivity contribution in [3.63, 3.8) is 0 Å². The molecule has 6 heteroatoms. The van der Waals surface area contributed by atoms with Crippen molar-refractivity contribution in [1.29, 1.82) is 0 Å². The van der Waals surface area contributed by atoms with Crippen molar-refractivity contribution >= 4 is 23.3 Å². The van der Waals surface area contributed by atoms with Gasteiger partial charge >= 0.3 is 5.97 Å². The number of carbonyl (C=O) groups is 2. The molecular weight excluding hydrogens is 284 g/mol. The van der Waals surface area contributed by atoms with E-state index >= 15 is 0 Å². The molecule has 0 bridgehead atoms. The fourth-order valence-electron chi connectivity index (χ4n) is 3.50. The minimum Gasteiger partial charge on any atom is -0.506 e. The molecule has 6 nitrogen and oxygen atoms in total. The standard InChI is InChI=1S/C16H20N2O4/c17-10-4-5-13(19)12(8-10)18-15(21)11-9-14(20)22-16(11)6-2-1-3-7-16/h4-5,8,11,19H,1-3,6-7,9,17H2,(H,18,21). The quantitative estimate of drug-likeness (QED) is 0.336. The van der Waals surface area contributed by atoms with Gasteiger partial charge < -0.3 is 20.9 Å². The average Bonchev–Trinajstić information content (AvgIpc) is 2.80. The van der Waals surface area contributed by atoms with E-state index in [0.717, 1.165) is 32.1 Å². The summed E-state index contributed by atoms with van der Waals surface area (Å²) < 4.78 is 5.53. The number of ether oxygens (including phenoxy) is 1. The van der Waals surface area contributed by atoms with Gasteiger partial charge in [-0.05, 0) is 43.9 Å². The monoisotopic (exact) mass is 304 g/mol. The Morgan fingerprint density at radius 3 is 2.77 bits per heavy atom. The van der Waals surface area contributed by atoms with E-state index in [9.17, 15) is 14.7 Å². The summed E-state index contributed by atoms with van der Waals surface area (Å²) in [4.78, 5) is 24.3. The second-order valence-electron chi connectivity index (χ2n) is 6.12. The number of nitrogen functional groups attached to an aromatic ring is 1. The summed E-state index contributed by atoms with van der Waals surface area (Å²) in [5.74, 6) is -1.18. The first kappa shape index (κ1) is 14.7. The minimum absolute atomic E-state index is 0.0505. The van der Waals surface area contributed by atoms with E-state index in [1.165, 1.54) is 12.1 Å². The molecule has 118 valence electrons. The van der Waals surface area contributed by atoms with Crippen molar-refractivity contribution < 1.29 is 19.4 Å². The third-order valence-electron chi connectivity index (χ3n) is 4.62. The Hall–Kier alpha value is -2.24. The van der Waals surface area contributed by atoms with Crippen LogP contribution in [0.1, 0.15) is 38.5 Å². The predicted molar refractivity (Wildman–Crippen MR) is 81.2 cm³/mol. The van der Waals surface area contributed by atoms with Crippen LogP contribution < -0.4 is 11.1 Å². The van der Waals surface area contributed by atoms with Crippen molar-refractivity contribution in [2.45, 2.75) is 44.1 Å². The summed E-state index contributed by atoms with van der Waals surface area (Å²) in [6.07, 6.45) is 4.55. The van der Waals surface area contributed by atoms with Crippen LogP contribution in [0.4, 0.5) is 11.4 Å². The highest BCUT2D eigenvalue weighted by Gasteiger charge is 2.52. The van der Waals surface area contributed by atoms with Crippen LogP contribution in [0.3, 0.4) is 0 Å². The molecular formula is C16H20N2O4. The van der Waals surface area contributed by atoms with Gasteiger partial charge in [0.05, 0.1) is 18.0 Å². The molecule has 3 rings (SSSR count). The second kappa shape index (κ2) is 5.51. The summed E-state index contributed by atoms with van der Waals surface area (Å²) in [6.45, 7) is 0. The highest BCUT2D eigenvalue weighted by Crippen LogP contribution is 2.44. The topological polar surface area (TPSA) is 102 Å². The lowest BCUT2D eigenvalue weighted by atomic mass is 9.75. The van der Waals surface area contributed by atoms with Crippen LogP contribution in [-0.2, 0) is 14.3 Å². The lowest BCUT2D eigenvalue weighted by molar-refractivity contribution is -0.153. The molecule has 2 aliphatic rings. The molecule has 1 aromatic rings. The molecule has 1 atom stereocenters. The van der Waals surface area contributed by atoms with Crippen molar-refractivity contribution in [1.82, 2.24) is 0 Å². The van der Waals surface area contributed by atoms with Crippen LogP contribution >= 0.6 is 0 Å². The van der Waals surface area contributed by atoms with E-state index in [1.807, 2.05) is 0 Å². The molecule has 1 aliphatic heterocycles. The van der Waals surface area contributed by atoms with Gasteiger partial charge in [0.2, 0.25) is 5.91 Å². The number of phenolic OH excluding ortho intramolecular Hbond substituents is 1. The highest BCUT2D eigenvalue weighted by molar-refractivity contribution is 5.98. The summed E-state index contributed by atoms with van der Waals surface area (Å²) in [6, 6.07) is 4.48. The van der Waals surface area contributed by atoms with Gasteiger partial charge in [0.15, 0.2) is 0 Å². The Bertz CT molecular complexity index is 608. The van der Waals surface area contributed by atoms with E-state index in [4.69, 9.17) is 10.5 Å². The minimum atomic E-state index is -0.671. The number of benzene rings is 1. The predicted octanol–water partition coefficient (Wildman–Crippen LogP) is 2.18. The van der Waals surface area contributed by atoms with Crippen molar-refractivity contribution in [3.8, 4) is 5.75 Å². The van der Waals surface area contributed by atoms with Gasteiger partial charge in [-0.15, -0.1) is 0 Å². The molecule has 1 spiro atoms. The zero-order valence-corrected chi connectivity index (χ0v) is 12.3. The van der Waals surface area contributed by atoms with Gasteiger partial charge in [-0.3, -0.25) is 9.59 Å². The largest absolute Gasteiger partial charge is 0.506 e. The van der Waals surface area contributed by atoms with E-state index in [1.54, 1.807) is 6.07 Å². The molecule has 22 heavy (non-hydrogen) atoms. The van der Waals surface area contributed by atoms with Crippen LogP contribution in [0.15, 0.2) is 18.2 Å². The summed E-state index contributed by atoms with van der Waals surface area (Å²) in [7, 11) is 0. The lowest BCUT2D eigenvalue weighted by Crippen LogP contribution is -2.43. The molecule has 4 N–H and O–H groups in total. The average molecular weight is 304 g/mol. The molecule has 1 aliphatic carbocycles. The smallest absolute Gasteiger partial charge is 0.307 e. The molecule has 1 saturated heterocycles. The first-order valence-electron chi connectivity index (χ1n) is 7.61. The van der Waals surface area contributed by atoms with Gasteiger partial charge in [-0.1, -0.05) is 6.42 Å². The number of nitrogens with one attached hydrogen (secondary N) is 1. The third-order valence-corrected chi connectivity index (χ3v) is 4.62. The maximum absolute atomic E-state index is 12.6.